The number of hydrogen-bond acceptors (Lipinski definition) is 3. The summed E-state index contributed by atoms with van der Waals surface area (Å²) in [5.74, 6) is 0. The van der Waals surface area contributed by atoms with Gasteiger partial charge in [-0.3, -0.25) is 9.36 Å². The predicted molar refractivity (Wildman–Crippen MR) is 67.4 cm³/mol. The van der Waals surface area contributed by atoms with Gasteiger partial charge in [-0.25, -0.2) is 4.79 Å². The molecule has 1 heterocycles. The van der Waals surface area contributed by atoms with Crippen LogP contribution in [0.3, 0.4) is 0 Å². The molecule has 0 aliphatic heterocycles. The van der Waals surface area contributed by atoms with Crippen molar-refractivity contribution in [1.29, 1.82) is 0 Å². The van der Waals surface area contributed by atoms with Crippen molar-refractivity contribution in [3.63, 3.8) is 0 Å². The molecule has 0 spiro atoms. The highest BCUT2D eigenvalue weighted by Crippen LogP contribution is 2.04. The molecule has 0 saturated carbocycles. The van der Waals surface area contributed by atoms with Crippen LogP contribution in [0.5, 0.6) is 0 Å². The van der Waals surface area contributed by atoms with Gasteiger partial charge in [0.2, 0.25) is 0 Å². The average Bonchev–Trinajstić information content (AvgIpc) is 2.40. The molecule has 0 aliphatic carbocycles. The van der Waals surface area contributed by atoms with E-state index in [0.29, 0.717) is 0 Å². The van der Waals surface area contributed by atoms with Crippen LogP contribution in [0, 0.1) is 0 Å². The molecule has 1 aromatic heterocycles. The molecule has 0 atom stereocenters. The minimum atomic E-state index is -0.339. The molecule has 2 aromatic rings. The van der Waals surface area contributed by atoms with Crippen molar-refractivity contribution in [2.75, 3.05) is 0 Å². The lowest BCUT2D eigenvalue weighted by atomic mass is 10.1. The zero-order valence-electron chi connectivity index (χ0n) is 10.0. The van der Waals surface area contributed by atoms with E-state index < -0.39 is 0 Å². The monoisotopic (exact) mass is 246 g/mol. The molecule has 0 unspecified atom stereocenters. The third-order valence-corrected chi connectivity index (χ3v) is 2.79. The van der Waals surface area contributed by atoms with E-state index in [9.17, 15) is 9.59 Å². The second kappa shape index (κ2) is 5.01. The van der Waals surface area contributed by atoms with Gasteiger partial charge in [-0.05, 0) is 11.1 Å². The predicted octanol–water partition coefficient (Wildman–Crippen LogP) is 0.0876. The van der Waals surface area contributed by atoms with E-state index in [1.54, 1.807) is 31.3 Å². The number of aryl methyl sites for hydroxylation is 1. The highest BCUT2D eigenvalue weighted by molar-refractivity contribution is 5.22. The van der Waals surface area contributed by atoms with Crippen molar-refractivity contribution >= 4 is 0 Å². The maximum atomic E-state index is 11.8. The first kappa shape index (κ1) is 12.3. The van der Waals surface area contributed by atoms with Crippen LogP contribution in [0.25, 0.3) is 0 Å². The van der Waals surface area contributed by atoms with Crippen molar-refractivity contribution in [1.82, 2.24) is 9.13 Å². The maximum Gasteiger partial charge on any atom is 0.331 e. The molecular formula is C13H14N2O3. The zero-order valence-corrected chi connectivity index (χ0v) is 10.0. The number of benzene rings is 1. The van der Waals surface area contributed by atoms with Crippen LogP contribution >= 0.6 is 0 Å². The van der Waals surface area contributed by atoms with Gasteiger partial charge in [0, 0.05) is 19.3 Å². The average molecular weight is 246 g/mol. The highest BCUT2D eigenvalue weighted by Gasteiger charge is 2.03. The van der Waals surface area contributed by atoms with E-state index in [4.69, 9.17) is 5.11 Å². The number of nitrogens with zero attached hydrogens (tertiary/aromatic N) is 2. The fourth-order valence-electron chi connectivity index (χ4n) is 1.69. The minimum absolute atomic E-state index is 0.0205. The van der Waals surface area contributed by atoms with Crippen LogP contribution in [0.4, 0.5) is 0 Å². The molecule has 0 saturated heterocycles. The van der Waals surface area contributed by atoms with E-state index in [2.05, 4.69) is 0 Å². The third-order valence-electron chi connectivity index (χ3n) is 2.79. The van der Waals surface area contributed by atoms with E-state index in [-0.39, 0.29) is 24.4 Å². The first-order valence-corrected chi connectivity index (χ1v) is 5.57. The van der Waals surface area contributed by atoms with Crippen LogP contribution in [0.1, 0.15) is 11.1 Å². The molecule has 94 valence electrons. The van der Waals surface area contributed by atoms with Crippen molar-refractivity contribution in [3.05, 3.63) is 68.5 Å². The third kappa shape index (κ3) is 2.41. The Labute approximate surface area is 104 Å². The van der Waals surface area contributed by atoms with Crippen molar-refractivity contribution in [2.24, 2.45) is 7.05 Å². The molecule has 1 N–H and O–H groups in total. The van der Waals surface area contributed by atoms with Gasteiger partial charge < -0.3 is 9.67 Å². The van der Waals surface area contributed by atoms with E-state index >= 15 is 0 Å². The Bertz CT molecular complexity index is 653. The minimum Gasteiger partial charge on any atom is -0.392 e. The highest BCUT2D eigenvalue weighted by atomic mass is 16.3. The largest absolute Gasteiger partial charge is 0.392 e. The van der Waals surface area contributed by atoms with Gasteiger partial charge in [0.1, 0.15) is 0 Å². The van der Waals surface area contributed by atoms with Gasteiger partial charge in [-0.2, -0.15) is 0 Å². The summed E-state index contributed by atoms with van der Waals surface area (Å²) in [6, 6.07) is 8.50. The van der Waals surface area contributed by atoms with Crippen LogP contribution in [0.15, 0.2) is 46.1 Å². The van der Waals surface area contributed by atoms with Crippen LogP contribution in [0.2, 0.25) is 0 Å². The fourth-order valence-corrected chi connectivity index (χ4v) is 1.69. The normalized spacial score (nSPS) is 10.6. The topological polar surface area (TPSA) is 64.2 Å². The second-order valence-corrected chi connectivity index (χ2v) is 4.11. The summed E-state index contributed by atoms with van der Waals surface area (Å²) >= 11 is 0. The standard InChI is InChI=1S/C13H14N2O3/c1-14-7-6-12(17)15(13(14)18)8-10-2-4-11(9-16)5-3-10/h2-7,16H,8-9H2,1H3. The fraction of sp³-hybridized carbons (Fsp3) is 0.231. The van der Waals surface area contributed by atoms with Gasteiger partial charge in [0.25, 0.3) is 5.56 Å². The molecule has 1 aromatic carbocycles. The quantitative estimate of drug-likeness (QED) is 0.834. The second-order valence-electron chi connectivity index (χ2n) is 4.11. The van der Waals surface area contributed by atoms with Crippen LogP contribution in [-0.2, 0) is 20.2 Å². The van der Waals surface area contributed by atoms with E-state index in [1.807, 2.05) is 0 Å². The lowest BCUT2D eigenvalue weighted by Gasteiger charge is -2.07. The Morgan fingerprint density at radius 2 is 1.67 bits per heavy atom. The molecule has 0 aliphatic rings. The SMILES string of the molecule is Cn1ccc(=O)n(Cc2ccc(CO)cc2)c1=O. The molecule has 0 fully saturated rings. The summed E-state index contributed by atoms with van der Waals surface area (Å²) < 4.78 is 2.54. The van der Waals surface area contributed by atoms with Crippen LogP contribution in [-0.4, -0.2) is 14.2 Å². The first-order valence-electron chi connectivity index (χ1n) is 5.57. The Morgan fingerprint density at radius 1 is 1.06 bits per heavy atom. The van der Waals surface area contributed by atoms with Gasteiger partial charge in [-0.15, -0.1) is 0 Å². The Balaban J connectivity index is 2.37. The number of aliphatic hydroxyl groups is 1. The summed E-state index contributed by atoms with van der Waals surface area (Å²) in [6.07, 6.45) is 1.45. The summed E-state index contributed by atoms with van der Waals surface area (Å²) in [7, 11) is 1.60. The molecule has 0 bridgehead atoms. The number of aromatic nitrogens is 2. The Morgan fingerprint density at radius 3 is 2.28 bits per heavy atom. The van der Waals surface area contributed by atoms with Crippen molar-refractivity contribution in [3.8, 4) is 0 Å². The molecular weight excluding hydrogens is 232 g/mol. The lowest BCUT2D eigenvalue weighted by molar-refractivity contribution is 0.282. The Kier molecular flexibility index (Phi) is 3.43. The van der Waals surface area contributed by atoms with Crippen molar-refractivity contribution in [2.45, 2.75) is 13.2 Å². The van der Waals surface area contributed by atoms with Crippen molar-refractivity contribution < 1.29 is 5.11 Å². The van der Waals surface area contributed by atoms with Gasteiger partial charge >= 0.3 is 5.69 Å². The molecule has 2 rings (SSSR count). The van der Waals surface area contributed by atoms with Gasteiger partial charge in [0.05, 0.1) is 13.2 Å². The zero-order chi connectivity index (χ0) is 13.1. The molecule has 0 radical (unpaired) electrons. The molecule has 5 heteroatoms. The number of aliphatic hydroxyl groups excluding tert-OH is 1. The summed E-state index contributed by atoms with van der Waals surface area (Å²) in [6.45, 7) is 0.214. The first-order chi connectivity index (χ1) is 8.61. The lowest BCUT2D eigenvalue weighted by Crippen LogP contribution is -2.38. The summed E-state index contributed by atoms with van der Waals surface area (Å²) in [5, 5.41) is 8.93. The smallest absolute Gasteiger partial charge is 0.331 e. The Hall–Kier alpha value is -2.14. The number of hydrogen-bond donors (Lipinski definition) is 1. The number of rotatable bonds is 3. The summed E-state index contributed by atoms with van der Waals surface area (Å²) in [4.78, 5) is 23.4. The van der Waals surface area contributed by atoms with Crippen LogP contribution < -0.4 is 11.2 Å². The molecule has 5 nitrogen and oxygen atoms in total. The van der Waals surface area contributed by atoms with Gasteiger partial charge in [0.15, 0.2) is 0 Å². The van der Waals surface area contributed by atoms with E-state index in [0.717, 1.165) is 11.1 Å². The molecule has 18 heavy (non-hydrogen) atoms. The van der Waals surface area contributed by atoms with Gasteiger partial charge in [-0.1, -0.05) is 24.3 Å². The van der Waals surface area contributed by atoms with E-state index in [1.165, 1.54) is 21.4 Å². The summed E-state index contributed by atoms with van der Waals surface area (Å²) in [5.41, 5.74) is 0.989. The molecule has 0 amide bonds. The maximum absolute atomic E-state index is 11.8.